The van der Waals surface area contributed by atoms with Crippen LogP contribution in [-0.4, -0.2) is 35.3 Å². The third-order valence-electron chi connectivity index (χ3n) is 4.96. The molecule has 2 amide bonds. The maximum absolute atomic E-state index is 12.4. The number of carbonyl (C=O) groups excluding carboxylic acids is 2. The summed E-state index contributed by atoms with van der Waals surface area (Å²) in [7, 11) is 0. The van der Waals surface area contributed by atoms with Crippen LogP contribution in [0.1, 0.15) is 45.4 Å². The molecule has 1 saturated carbocycles. The highest BCUT2D eigenvalue weighted by Crippen LogP contribution is 2.41. The van der Waals surface area contributed by atoms with Gasteiger partial charge in [-0.05, 0) is 39.2 Å². The maximum Gasteiger partial charge on any atom is 0.233 e. The zero-order chi connectivity index (χ0) is 12.7. The van der Waals surface area contributed by atoms with Crippen LogP contribution in [-0.2, 0) is 9.59 Å². The fourth-order valence-corrected chi connectivity index (χ4v) is 3.89. The predicted molar refractivity (Wildman–Crippen MR) is 67.8 cm³/mol. The first-order chi connectivity index (χ1) is 8.70. The van der Waals surface area contributed by atoms with Gasteiger partial charge < -0.3 is 5.32 Å². The van der Waals surface area contributed by atoms with Crippen molar-refractivity contribution in [3.8, 4) is 0 Å². The Morgan fingerprint density at radius 2 is 1.72 bits per heavy atom. The summed E-state index contributed by atoms with van der Waals surface area (Å²) >= 11 is 0. The highest BCUT2D eigenvalue weighted by atomic mass is 16.2. The molecule has 3 fully saturated rings. The van der Waals surface area contributed by atoms with Crippen molar-refractivity contribution in [3.63, 3.8) is 0 Å². The van der Waals surface area contributed by atoms with E-state index in [0.717, 1.165) is 32.2 Å². The third kappa shape index (κ3) is 1.78. The van der Waals surface area contributed by atoms with Crippen LogP contribution >= 0.6 is 0 Å². The number of rotatable bonds is 2. The monoisotopic (exact) mass is 250 g/mol. The van der Waals surface area contributed by atoms with Gasteiger partial charge in [-0.2, -0.15) is 0 Å². The minimum atomic E-state index is 0.00328. The number of amides is 2. The van der Waals surface area contributed by atoms with E-state index >= 15 is 0 Å². The first-order valence-electron chi connectivity index (χ1n) is 7.30. The molecule has 4 atom stereocenters. The lowest BCUT2D eigenvalue weighted by molar-refractivity contribution is -0.143. The van der Waals surface area contributed by atoms with Gasteiger partial charge >= 0.3 is 0 Å². The van der Waals surface area contributed by atoms with Crippen molar-refractivity contribution in [2.45, 2.75) is 57.5 Å². The summed E-state index contributed by atoms with van der Waals surface area (Å²) in [5.74, 6) is 0.205. The molecular weight excluding hydrogens is 228 g/mol. The van der Waals surface area contributed by atoms with Crippen molar-refractivity contribution in [2.24, 2.45) is 11.8 Å². The van der Waals surface area contributed by atoms with Crippen LogP contribution < -0.4 is 5.32 Å². The molecule has 2 heterocycles. The number of piperidine rings is 1. The molecule has 4 nitrogen and oxygen atoms in total. The fourth-order valence-electron chi connectivity index (χ4n) is 3.89. The molecule has 0 aromatic carbocycles. The minimum Gasteiger partial charge on any atom is -0.312 e. The maximum atomic E-state index is 12.4. The van der Waals surface area contributed by atoms with Crippen molar-refractivity contribution in [1.82, 2.24) is 10.2 Å². The van der Waals surface area contributed by atoms with Gasteiger partial charge in [-0.25, -0.2) is 0 Å². The number of likely N-dealkylation sites (tertiary alicyclic amines) is 1. The van der Waals surface area contributed by atoms with E-state index in [1.165, 1.54) is 12.8 Å². The molecule has 3 rings (SSSR count). The first-order valence-corrected chi connectivity index (χ1v) is 7.30. The molecule has 0 spiro atoms. The smallest absolute Gasteiger partial charge is 0.233 e. The second kappa shape index (κ2) is 4.65. The third-order valence-corrected chi connectivity index (χ3v) is 4.96. The Morgan fingerprint density at radius 3 is 2.28 bits per heavy atom. The first kappa shape index (κ1) is 12.2. The predicted octanol–water partition coefficient (Wildman–Crippen LogP) is 1.30. The topological polar surface area (TPSA) is 49.4 Å². The van der Waals surface area contributed by atoms with Crippen molar-refractivity contribution < 1.29 is 9.59 Å². The van der Waals surface area contributed by atoms with Gasteiger partial charge in [0.15, 0.2) is 0 Å². The van der Waals surface area contributed by atoms with Crippen molar-refractivity contribution in [2.75, 3.05) is 6.54 Å². The lowest BCUT2D eigenvalue weighted by Gasteiger charge is -2.34. The summed E-state index contributed by atoms with van der Waals surface area (Å²) in [6, 6.07) is 0.321. The zero-order valence-corrected chi connectivity index (χ0v) is 11.0. The molecule has 100 valence electrons. The average molecular weight is 250 g/mol. The fraction of sp³-hybridized carbons (Fsp3) is 0.857. The van der Waals surface area contributed by atoms with Crippen LogP contribution in [0.4, 0.5) is 0 Å². The molecule has 3 aliphatic rings. The van der Waals surface area contributed by atoms with Crippen LogP contribution in [0.2, 0.25) is 0 Å². The Morgan fingerprint density at radius 1 is 1.06 bits per heavy atom. The van der Waals surface area contributed by atoms with Crippen LogP contribution in [0.15, 0.2) is 0 Å². The molecule has 0 aromatic rings. The highest BCUT2D eigenvalue weighted by molar-refractivity contribution is 6.05. The van der Waals surface area contributed by atoms with Crippen molar-refractivity contribution >= 4 is 11.8 Å². The molecule has 0 bridgehead atoms. The Balaban J connectivity index is 1.75. The molecule has 4 unspecified atom stereocenters. The Kier molecular flexibility index (Phi) is 3.14. The molecule has 1 aliphatic carbocycles. The van der Waals surface area contributed by atoms with E-state index in [1.807, 2.05) is 6.92 Å². The summed E-state index contributed by atoms with van der Waals surface area (Å²) < 4.78 is 0. The Labute approximate surface area is 108 Å². The molecule has 4 heteroatoms. The Hall–Kier alpha value is -0.900. The van der Waals surface area contributed by atoms with Crippen molar-refractivity contribution in [3.05, 3.63) is 0 Å². The standard InChI is InChI=1S/C14H22N2O2/c1-9(12-7-2-3-8-15-12)16-13(17)10-5-4-6-11(10)14(16)18/h9-12,15H,2-8H2,1H3. The summed E-state index contributed by atoms with van der Waals surface area (Å²) in [4.78, 5) is 26.3. The van der Waals surface area contributed by atoms with Gasteiger partial charge in [0.1, 0.15) is 0 Å². The van der Waals surface area contributed by atoms with Gasteiger partial charge in [-0.15, -0.1) is 0 Å². The van der Waals surface area contributed by atoms with Crippen LogP contribution in [0, 0.1) is 11.8 Å². The van der Waals surface area contributed by atoms with Gasteiger partial charge in [0, 0.05) is 6.04 Å². The lowest BCUT2D eigenvalue weighted by atomic mass is 9.98. The van der Waals surface area contributed by atoms with E-state index in [9.17, 15) is 9.59 Å². The van der Waals surface area contributed by atoms with E-state index < -0.39 is 0 Å². The molecule has 0 radical (unpaired) electrons. The second-order valence-corrected chi connectivity index (χ2v) is 5.99. The van der Waals surface area contributed by atoms with Crippen molar-refractivity contribution in [1.29, 1.82) is 0 Å². The molecule has 1 N–H and O–H groups in total. The summed E-state index contributed by atoms with van der Waals surface area (Å²) in [6.07, 6.45) is 6.35. The normalized spacial score (nSPS) is 38.1. The van der Waals surface area contributed by atoms with E-state index in [2.05, 4.69) is 5.32 Å². The summed E-state index contributed by atoms with van der Waals surface area (Å²) in [6.45, 7) is 3.04. The van der Waals surface area contributed by atoms with Crippen LogP contribution in [0.3, 0.4) is 0 Å². The van der Waals surface area contributed by atoms with E-state index in [0.29, 0.717) is 6.04 Å². The quantitative estimate of drug-likeness (QED) is 0.752. The second-order valence-electron chi connectivity index (χ2n) is 5.99. The van der Waals surface area contributed by atoms with Gasteiger partial charge in [-0.3, -0.25) is 14.5 Å². The lowest BCUT2D eigenvalue weighted by Crippen LogP contribution is -2.52. The van der Waals surface area contributed by atoms with E-state index in [4.69, 9.17) is 0 Å². The van der Waals surface area contributed by atoms with Gasteiger partial charge in [0.25, 0.3) is 0 Å². The number of nitrogens with one attached hydrogen (secondary N) is 1. The van der Waals surface area contributed by atoms with Crippen LogP contribution in [0.5, 0.6) is 0 Å². The molecule has 0 aromatic heterocycles. The molecule has 2 aliphatic heterocycles. The van der Waals surface area contributed by atoms with E-state index in [-0.39, 0.29) is 29.7 Å². The number of nitrogens with zero attached hydrogens (tertiary/aromatic N) is 1. The molecule has 2 saturated heterocycles. The van der Waals surface area contributed by atoms with Gasteiger partial charge in [0.2, 0.25) is 11.8 Å². The van der Waals surface area contributed by atoms with Gasteiger partial charge in [0.05, 0.1) is 17.9 Å². The van der Waals surface area contributed by atoms with Crippen LogP contribution in [0.25, 0.3) is 0 Å². The zero-order valence-electron chi connectivity index (χ0n) is 11.0. The molecule has 18 heavy (non-hydrogen) atoms. The highest BCUT2D eigenvalue weighted by Gasteiger charge is 2.51. The minimum absolute atomic E-state index is 0.00328. The van der Waals surface area contributed by atoms with E-state index in [1.54, 1.807) is 4.90 Å². The number of fused-ring (bicyclic) bond motifs is 1. The number of carbonyl (C=O) groups is 2. The largest absolute Gasteiger partial charge is 0.312 e. The number of imide groups is 1. The number of hydrogen-bond acceptors (Lipinski definition) is 3. The SMILES string of the molecule is CC(C1CCCCN1)N1C(=O)C2CCCC2C1=O. The number of hydrogen-bond donors (Lipinski definition) is 1. The van der Waals surface area contributed by atoms with Gasteiger partial charge in [-0.1, -0.05) is 12.8 Å². The summed E-state index contributed by atoms with van der Waals surface area (Å²) in [5, 5.41) is 3.46. The Bertz CT molecular complexity index is 341. The summed E-state index contributed by atoms with van der Waals surface area (Å²) in [5.41, 5.74) is 0. The average Bonchev–Trinajstić information content (AvgIpc) is 2.95. The molecular formula is C14H22N2O2.